The van der Waals surface area contributed by atoms with Crippen molar-refractivity contribution in [2.45, 2.75) is 70.3 Å². The second kappa shape index (κ2) is 7.08. The van der Waals surface area contributed by atoms with Gasteiger partial charge in [-0.1, -0.05) is 32.1 Å². The third-order valence-electron chi connectivity index (χ3n) is 5.56. The van der Waals surface area contributed by atoms with Crippen LogP contribution in [0.4, 0.5) is 0 Å². The summed E-state index contributed by atoms with van der Waals surface area (Å²) in [5.41, 5.74) is 0. The van der Waals surface area contributed by atoms with Crippen LogP contribution in [-0.2, 0) is 0 Å². The summed E-state index contributed by atoms with van der Waals surface area (Å²) in [4.78, 5) is 2.87. The number of nitrogens with one attached hydrogen (secondary N) is 1. The Balaban J connectivity index is 1.41. The number of hydrogen-bond donors (Lipinski definition) is 1. The first-order chi connectivity index (χ1) is 9.42. The van der Waals surface area contributed by atoms with Crippen molar-refractivity contribution in [2.75, 3.05) is 26.2 Å². The zero-order chi connectivity index (χ0) is 12.9. The Hall–Kier alpha value is -0.0800. The molecule has 1 aliphatic heterocycles. The minimum absolute atomic E-state index is 0.971. The van der Waals surface area contributed by atoms with Gasteiger partial charge in [-0.05, 0) is 63.6 Å². The second-order valence-corrected chi connectivity index (χ2v) is 7.21. The van der Waals surface area contributed by atoms with Gasteiger partial charge in [-0.2, -0.15) is 0 Å². The molecule has 3 aliphatic rings. The molecule has 2 saturated carbocycles. The van der Waals surface area contributed by atoms with Gasteiger partial charge >= 0.3 is 0 Å². The average Bonchev–Trinajstić information content (AvgIpc) is 3.30. The highest BCUT2D eigenvalue weighted by Crippen LogP contribution is 2.31. The summed E-state index contributed by atoms with van der Waals surface area (Å²) in [6, 6.07) is 0.971. The Morgan fingerprint density at radius 3 is 2.21 bits per heavy atom. The van der Waals surface area contributed by atoms with Gasteiger partial charge in [0.1, 0.15) is 0 Å². The lowest BCUT2D eigenvalue weighted by Crippen LogP contribution is -2.38. The quantitative estimate of drug-likeness (QED) is 0.791. The molecule has 0 aromatic heterocycles. The van der Waals surface area contributed by atoms with E-state index < -0.39 is 0 Å². The third-order valence-corrected chi connectivity index (χ3v) is 5.56. The number of piperidine rings is 1. The van der Waals surface area contributed by atoms with E-state index in [-0.39, 0.29) is 0 Å². The van der Waals surface area contributed by atoms with E-state index in [1.54, 1.807) is 0 Å². The predicted octanol–water partition coefficient (Wildman–Crippen LogP) is 3.42. The molecule has 2 heteroatoms. The molecule has 0 amide bonds. The van der Waals surface area contributed by atoms with Gasteiger partial charge < -0.3 is 10.2 Å². The Morgan fingerprint density at radius 2 is 1.53 bits per heavy atom. The van der Waals surface area contributed by atoms with Gasteiger partial charge in [-0.25, -0.2) is 0 Å². The van der Waals surface area contributed by atoms with Crippen molar-refractivity contribution in [3.8, 4) is 0 Å². The molecule has 1 saturated heterocycles. The van der Waals surface area contributed by atoms with E-state index in [2.05, 4.69) is 10.2 Å². The van der Waals surface area contributed by atoms with Crippen LogP contribution in [0.25, 0.3) is 0 Å². The van der Waals surface area contributed by atoms with Crippen molar-refractivity contribution in [1.82, 2.24) is 10.2 Å². The molecule has 0 unspecified atom stereocenters. The SMILES string of the molecule is C1CCC(CCN(CC2CCNCC2)C2CC2)CC1. The molecule has 0 radical (unpaired) electrons. The summed E-state index contributed by atoms with van der Waals surface area (Å²) < 4.78 is 0. The van der Waals surface area contributed by atoms with Gasteiger partial charge in [0.25, 0.3) is 0 Å². The highest BCUT2D eigenvalue weighted by atomic mass is 15.2. The van der Waals surface area contributed by atoms with Crippen LogP contribution in [-0.4, -0.2) is 37.1 Å². The third kappa shape index (κ3) is 4.46. The van der Waals surface area contributed by atoms with Crippen LogP contribution in [0.2, 0.25) is 0 Å². The topological polar surface area (TPSA) is 15.3 Å². The fraction of sp³-hybridized carbons (Fsp3) is 1.00. The van der Waals surface area contributed by atoms with Crippen molar-refractivity contribution in [1.29, 1.82) is 0 Å². The Bertz CT molecular complexity index is 250. The molecule has 2 nitrogen and oxygen atoms in total. The molecule has 1 heterocycles. The second-order valence-electron chi connectivity index (χ2n) is 7.21. The fourth-order valence-corrected chi connectivity index (χ4v) is 4.08. The van der Waals surface area contributed by atoms with Gasteiger partial charge in [0, 0.05) is 12.6 Å². The van der Waals surface area contributed by atoms with Crippen LogP contribution < -0.4 is 5.32 Å². The van der Waals surface area contributed by atoms with Crippen molar-refractivity contribution < 1.29 is 0 Å². The minimum Gasteiger partial charge on any atom is -0.317 e. The van der Waals surface area contributed by atoms with Crippen LogP contribution in [0.3, 0.4) is 0 Å². The first-order valence-corrected chi connectivity index (χ1v) is 8.86. The Kier molecular flexibility index (Phi) is 5.17. The molecule has 3 rings (SSSR count). The summed E-state index contributed by atoms with van der Waals surface area (Å²) >= 11 is 0. The predicted molar refractivity (Wildman–Crippen MR) is 81.4 cm³/mol. The molecule has 2 aliphatic carbocycles. The van der Waals surface area contributed by atoms with Crippen LogP contribution in [0.15, 0.2) is 0 Å². The maximum atomic E-state index is 3.50. The molecule has 0 bridgehead atoms. The van der Waals surface area contributed by atoms with Gasteiger partial charge in [0.05, 0.1) is 0 Å². The summed E-state index contributed by atoms with van der Waals surface area (Å²) in [7, 11) is 0. The first-order valence-electron chi connectivity index (χ1n) is 8.86. The van der Waals surface area contributed by atoms with E-state index in [1.807, 2.05) is 0 Å². The van der Waals surface area contributed by atoms with Crippen LogP contribution in [0.1, 0.15) is 64.2 Å². The fourth-order valence-electron chi connectivity index (χ4n) is 4.08. The minimum atomic E-state index is 0.971. The normalized spacial score (nSPS) is 27.0. The summed E-state index contributed by atoms with van der Waals surface area (Å²) in [6.45, 7) is 5.32. The number of rotatable bonds is 6. The van der Waals surface area contributed by atoms with Crippen LogP contribution >= 0.6 is 0 Å². The van der Waals surface area contributed by atoms with E-state index in [9.17, 15) is 0 Å². The Morgan fingerprint density at radius 1 is 0.789 bits per heavy atom. The van der Waals surface area contributed by atoms with Gasteiger partial charge in [0.2, 0.25) is 0 Å². The highest BCUT2D eigenvalue weighted by Gasteiger charge is 2.31. The molecule has 19 heavy (non-hydrogen) atoms. The smallest absolute Gasteiger partial charge is 0.00965 e. The van der Waals surface area contributed by atoms with Crippen LogP contribution in [0, 0.1) is 11.8 Å². The van der Waals surface area contributed by atoms with Crippen molar-refractivity contribution >= 4 is 0 Å². The molecule has 3 fully saturated rings. The average molecular weight is 264 g/mol. The van der Waals surface area contributed by atoms with E-state index >= 15 is 0 Å². The summed E-state index contributed by atoms with van der Waals surface area (Å²) in [5.74, 6) is 2.04. The molecule has 0 aromatic carbocycles. The van der Waals surface area contributed by atoms with E-state index in [0.717, 1.165) is 17.9 Å². The largest absolute Gasteiger partial charge is 0.317 e. The molecule has 110 valence electrons. The molecule has 1 N–H and O–H groups in total. The van der Waals surface area contributed by atoms with Gasteiger partial charge in [0.15, 0.2) is 0 Å². The van der Waals surface area contributed by atoms with Crippen molar-refractivity contribution in [3.63, 3.8) is 0 Å². The molecule has 0 atom stereocenters. The van der Waals surface area contributed by atoms with Gasteiger partial charge in [-0.3, -0.25) is 0 Å². The standard InChI is InChI=1S/C17H32N2/c1-2-4-15(5-3-1)10-13-19(17-6-7-17)14-16-8-11-18-12-9-16/h15-18H,1-14H2. The first kappa shape index (κ1) is 13.9. The maximum Gasteiger partial charge on any atom is 0.00965 e. The molecule has 0 spiro atoms. The molecular formula is C17H32N2. The summed E-state index contributed by atoms with van der Waals surface area (Å²) in [5, 5.41) is 3.50. The molecular weight excluding hydrogens is 232 g/mol. The van der Waals surface area contributed by atoms with E-state index in [1.165, 1.54) is 90.4 Å². The number of nitrogens with zero attached hydrogens (tertiary/aromatic N) is 1. The molecule has 0 aromatic rings. The lowest BCUT2D eigenvalue weighted by molar-refractivity contribution is 0.178. The maximum absolute atomic E-state index is 3.50. The lowest BCUT2D eigenvalue weighted by atomic mass is 9.87. The van der Waals surface area contributed by atoms with Gasteiger partial charge in [-0.15, -0.1) is 0 Å². The van der Waals surface area contributed by atoms with E-state index in [0.29, 0.717) is 0 Å². The Labute approximate surface area is 119 Å². The summed E-state index contributed by atoms with van der Waals surface area (Å²) in [6.07, 6.45) is 14.8. The zero-order valence-electron chi connectivity index (χ0n) is 12.6. The van der Waals surface area contributed by atoms with E-state index in [4.69, 9.17) is 0 Å². The highest BCUT2D eigenvalue weighted by molar-refractivity contribution is 4.87. The monoisotopic (exact) mass is 264 g/mol. The number of hydrogen-bond acceptors (Lipinski definition) is 2. The lowest BCUT2D eigenvalue weighted by Gasteiger charge is -2.32. The zero-order valence-corrected chi connectivity index (χ0v) is 12.6. The van der Waals surface area contributed by atoms with Crippen molar-refractivity contribution in [2.24, 2.45) is 11.8 Å². The van der Waals surface area contributed by atoms with Crippen LogP contribution in [0.5, 0.6) is 0 Å². The van der Waals surface area contributed by atoms with Crippen molar-refractivity contribution in [3.05, 3.63) is 0 Å².